The second-order valence-electron chi connectivity index (χ2n) is 6.41. The summed E-state index contributed by atoms with van der Waals surface area (Å²) in [5.74, 6) is 0.324. The number of benzene rings is 2. The van der Waals surface area contributed by atoms with Crippen LogP contribution in [-0.4, -0.2) is 42.9 Å². The summed E-state index contributed by atoms with van der Waals surface area (Å²) < 4.78 is 5.22. The molecule has 0 unspecified atom stereocenters. The van der Waals surface area contributed by atoms with E-state index in [0.717, 1.165) is 10.9 Å². The highest BCUT2D eigenvalue weighted by Crippen LogP contribution is 2.22. The summed E-state index contributed by atoms with van der Waals surface area (Å²) in [6, 6.07) is 14.2. The third-order valence-electron chi connectivity index (χ3n) is 4.23. The number of carbonyl (C=O) groups excluding carboxylic acids is 2. The van der Waals surface area contributed by atoms with Gasteiger partial charge in [0.25, 0.3) is 11.8 Å². The van der Waals surface area contributed by atoms with E-state index in [1.54, 1.807) is 58.5 Å². The third kappa shape index (κ3) is 3.89. The van der Waals surface area contributed by atoms with Crippen LogP contribution in [0.25, 0.3) is 10.9 Å². The first-order valence-electron chi connectivity index (χ1n) is 8.47. The van der Waals surface area contributed by atoms with Crippen LogP contribution in [0.4, 0.5) is 5.69 Å². The Bertz CT molecular complexity index is 1030. The summed E-state index contributed by atoms with van der Waals surface area (Å²) in [5.41, 5.74) is 2.94. The van der Waals surface area contributed by atoms with Gasteiger partial charge in [0.05, 0.1) is 23.9 Å². The van der Waals surface area contributed by atoms with Gasteiger partial charge in [-0.05, 0) is 43.3 Å². The molecule has 0 spiro atoms. The molecule has 2 aromatic carbocycles. The number of anilines is 1. The molecule has 0 aliphatic heterocycles. The zero-order valence-corrected chi connectivity index (χ0v) is 15.7. The van der Waals surface area contributed by atoms with Crippen molar-refractivity contribution in [3.05, 3.63) is 65.4 Å². The molecule has 1 heterocycles. The summed E-state index contributed by atoms with van der Waals surface area (Å²) in [7, 11) is 4.98. The lowest BCUT2D eigenvalue weighted by Crippen LogP contribution is -2.22. The number of amides is 2. The van der Waals surface area contributed by atoms with E-state index in [0.29, 0.717) is 28.3 Å². The van der Waals surface area contributed by atoms with E-state index in [9.17, 15) is 9.59 Å². The van der Waals surface area contributed by atoms with Crippen molar-refractivity contribution in [2.45, 2.75) is 6.92 Å². The zero-order chi connectivity index (χ0) is 19.6. The standard InChI is InChI=1S/C21H21N3O3/c1-13-18(11-14-8-9-17(27-4)12-19(14)22-13)20(25)23-16-7-5-6-15(10-16)21(26)24(2)3/h5-12H,1-4H3,(H,23,25). The van der Waals surface area contributed by atoms with Gasteiger partial charge in [0.1, 0.15) is 5.75 Å². The third-order valence-corrected chi connectivity index (χ3v) is 4.23. The number of nitrogens with one attached hydrogen (secondary N) is 1. The summed E-state index contributed by atoms with van der Waals surface area (Å²) in [6.07, 6.45) is 0. The molecule has 0 radical (unpaired) electrons. The minimum Gasteiger partial charge on any atom is -0.497 e. The van der Waals surface area contributed by atoms with Crippen LogP contribution in [0.3, 0.4) is 0 Å². The van der Waals surface area contributed by atoms with E-state index in [1.165, 1.54) is 4.90 Å². The van der Waals surface area contributed by atoms with Gasteiger partial charge in [-0.3, -0.25) is 14.6 Å². The lowest BCUT2D eigenvalue weighted by Gasteiger charge is -2.12. The number of carbonyl (C=O) groups is 2. The summed E-state index contributed by atoms with van der Waals surface area (Å²) in [5, 5.41) is 3.70. The highest BCUT2D eigenvalue weighted by molar-refractivity contribution is 6.07. The van der Waals surface area contributed by atoms with Crippen LogP contribution in [0, 0.1) is 6.92 Å². The van der Waals surface area contributed by atoms with Crippen molar-refractivity contribution in [2.75, 3.05) is 26.5 Å². The number of pyridine rings is 1. The highest BCUT2D eigenvalue weighted by atomic mass is 16.5. The quantitative estimate of drug-likeness (QED) is 0.770. The number of rotatable bonds is 4. The molecule has 6 nitrogen and oxygen atoms in total. The molecular weight excluding hydrogens is 342 g/mol. The van der Waals surface area contributed by atoms with E-state index in [1.807, 2.05) is 18.2 Å². The van der Waals surface area contributed by atoms with Crippen molar-refractivity contribution in [3.63, 3.8) is 0 Å². The number of hydrogen-bond donors (Lipinski definition) is 1. The number of methoxy groups -OCH3 is 1. The van der Waals surface area contributed by atoms with Gasteiger partial charge in [0.15, 0.2) is 0 Å². The van der Waals surface area contributed by atoms with Crippen LogP contribution in [0.1, 0.15) is 26.4 Å². The largest absolute Gasteiger partial charge is 0.497 e. The lowest BCUT2D eigenvalue weighted by molar-refractivity contribution is 0.0827. The fourth-order valence-electron chi connectivity index (χ4n) is 2.79. The van der Waals surface area contributed by atoms with E-state index >= 15 is 0 Å². The Morgan fingerprint density at radius 1 is 1.07 bits per heavy atom. The summed E-state index contributed by atoms with van der Waals surface area (Å²) in [4.78, 5) is 30.9. The second-order valence-corrected chi connectivity index (χ2v) is 6.41. The van der Waals surface area contributed by atoms with Gasteiger partial charge in [0, 0.05) is 36.8 Å². The number of aromatic nitrogens is 1. The van der Waals surface area contributed by atoms with Gasteiger partial charge in [-0.15, -0.1) is 0 Å². The average Bonchev–Trinajstić information content (AvgIpc) is 2.66. The monoisotopic (exact) mass is 363 g/mol. The molecule has 0 aliphatic rings. The molecule has 1 aromatic heterocycles. The minimum absolute atomic E-state index is 0.122. The molecule has 3 rings (SSSR count). The second kappa shape index (κ2) is 7.45. The Balaban J connectivity index is 1.89. The number of hydrogen-bond acceptors (Lipinski definition) is 4. The van der Waals surface area contributed by atoms with E-state index in [4.69, 9.17) is 4.74 Å². The molecule has 27 heavy (non-hydrogen) atoms. The molecule has 1 N–H and O–H groups in total. The fraction of sp³-hybridized carbons (Fsp3) is 0.190. The molecule has 0 aliphatic carbocycles. The smallest absolute Gasteiger partial charge is 0.257 e. The summed E-state index contributed by atoms with van der Waals surface area (Å²) in [6.45, 7) is 1.79. The van der Waals surface area contributed by atoms with Gasteiger partial charge in [0.2, 0.25) is 0 Å². The van der Waals surface area contributed by atoms with E-state index in [-0.39, 0.29) is 11.8 Å². The normalized spacial score (nSPS) is 10.5. The van der Waals surface area contributed by atoms with Gasteiger partial charge in [-0.25, -0.2) is 0 Å². The molecular formula is C21H21N3O3. The Morgan fingerprint density at radius 3 is 2.56 bits per heavy atom. The molecule has 0 bridgehead atoms. The SMILES string of the molecule is COc1ccc2cc(C(=O)Nc3cccc(C(=O)N(C)C)c3)c(C)nc2c1. The Kier molecular flexibility index (Phi) is 5.07. The maximum Gasteiger partial charge on any atom is 0.257 e. The van der Waals surface area contributed by atoms with Gasteiger partial charge in [-0.1, -0.05) is 6.07 Å². The Labute approximate surface area is 157 Å². The number of fused-ring (bicyclic) bond motifs is 1. The van der Waals surface area contributed by atoms with Crippen molar-refractivity contribution >= 4 is 28.4 Å². The minimum atomic E-state index is -0.271. The van der Waals surface area contributed by atoms with Crippen LogP contribution >= 0.6 is 0 Å². The first kappa shape index (κ1) is 18.4. The first-order valence-corrected chi connectivity index (χ1v) is 8.47. The molecule has 0 saturated carbocycles. The summed E-state index contributed by atoms with van der Waals surface area (Å²) >= 11 is 0. The van der Waals surface area contributed by atoms with Gasteiger partial charge in [-0.2, -0.15) is 0 Å². The number of ether oxygens (including phenoxy) is 1. The van der Waals surface area contributed by atoms with Crippen molar-refractivity contribution in [1.29, 1.82) is 0 Å². The molecule has 0 fully saturated rings. The van der Waals surface area contributed by atoms with Crippen molar-refractivity contribution in [1.82, 2.24) is 9.88 Å². The maximum atomic E-state index is 12.7. The molecule has 0 saturated heterocycles. The van der Waals surface area contributed by atoms with Crippen molar-refractivity contribution in [2.24, 2.45) is 0 Å². The Morgan fingerprint density at radius 2 is 1.85 bits per heavy atom. The molecule has 6 heteroatoms. The number of aryl methyl sites for hydroxylation is 1. The van der Waals surface area contributed by atoms with Crippen LogP contribution in [0.2, 0.25) is 0 Å². The topological polar surface area (TPSA) is 71.5 Å². The maximum absolute atomic E-state index is 12.7. The highest BCUT2D eigenvalue weighted by Gasteiger charge is 2.14. The lowest BCUT2D eigenvalue weighted by atomic mass is 10.1. The van der Waals surface area contributed by atoms with E-state index < -0.39 is 0 Å². The van der Waals surface area contributed by atoms with Crippen LogP contribution in [-0.2, 0) is 0 Å². The van der Waals surface area contributed by atoms with Gasteiger partial charge < -0.3 is 15.0 Å². The molecule has 3 aromatic rings. The van der Waals surface area contributed by atoms with Gasteiger partial charge >= 0.3 is 0 Å². The molecule has 138 valence electrons. The average molecular weight is 363 g/mol. The van der Waals surface area contributed by atoms with Crippen molar-refractivity contribution < 1.29 is 14.3 Å². The van der Waals surface area contributed by atoms with Crippen LogP contribution < -0.4 is 10.1 Å². The molecule has 0 atom stereocenters. The van der Waals surface area contributed by atoms with Crippen LogP contribution in [0.5, 0.6) is 5.75 Å². The van der Waals surface area contributed by atoms with Crippen LogP contribution in [0.15, 0.2) is 48.5 Å². The predicted octanol–water partition coefficient (Wildman–Crippen LogP) is 3.51. The predicted molar refractivity (Wildman–Crippen MR) is 105 cm³/mol. The van der Waals surface area contributed by atoms with Crippen molar-refractivity contribution in [3.8, 4) is 5.75 Å². The molecule has 2 amide bonds. The Hall–Kier alpha value is -3.41. The zero-order valence-electron chi connectivity index (χ0n) is 15.7. The first-order chi connectivity index (χ1) is 12.9. The fourth-order valence-corrected chi connectivity index (χ4v) is 2.79. The number of nitrogens with zero attached hydrogens (tertiary/aromatic N) is 2. The van der Waals surface area contributed by atoms with E-state index in [2.05, 4.69) is 10.3 Å².